The van der Waals surface area contributed by atoms with Gasteiger partial charge in [-0.3, -0.25) is 4.21 Å². The molecule has 0 aromatic rings. The molecule has 1 amide bonds. The molecule has 1 aliphatic rings. The molecular weight excluding hydrogens is 300 g/mol. The summed E-state index contributed by atoms with van der Waals surface area (Å²) in [4.78, 5) is 14.1. The van der Waals surface area contributed by atoms with Crippen molar-refractivity contribution in [3.63, 3.8) is 0 Å². The van der Waals surface area contributed by atoms with Gasteiger partial charge in [-0.05, 0) is 59.9 Å². The maximum atomic E-state index is 12.2. The quantitative estimate of drug-likeness (QED) is 0.728. The molecule has 22 heavy (non-hydrogen) atoms. The van der Waals surface area contributed by atoms with Gasteiger partial charge in [-0.2, -0.15) is 0 Å². The van der Waals surface area contributed by atoms with E-state index in [1.807, 2.05) is 25.7 Å². The number of ether oxygens (including phenoxy) is 1. The molecule has 0 aliphatic carbocycles. The molecule has 1 N–H and O–H groups in total. The third kappa shape index (κ3) is 7.58. The fourth-order valence-corrected chi connectivity index (χ4v) is 3.31. The van der Waals surface area contributed by atoms with Gasteiger partial charge in [0.05, 0.1) is 0 Å². The van der Waals surface area contributed by atoms with E-state index in [0.29, 0.717) is 6.04 Å². The van der Waals surface area contributed by atoms with Gasteiger partial charge in [0.1, 0.15) is 5.60 Å². The summed E-state index contributed by atoms with van der Waals surface area (Å²) in [5.41, 5.74) is -0.441. The van der Waals surface area contributed by atoms with E-state index in [0.717, 1.165) is 44.5 Å². The molecular formula is C16H32N2O3S. The van der Waals surface area contributed by atoms with Crippen molar-refractivity contribution in [3.8, 4) is 0 Å². The van der Waals surface area contributed by atoms with Crippen LogP contribution in [0.15, 0.2) is 0 Å². The van der Waals surface area contributed by atoms with E-state index < -0.39 is 16.4 Å². The summed E-state index contributed by atoms with van der Waals surface area (Å²) in [5.74, 6) is 0.743. The summed E-state index contributed by atoms with van der Waals surface area (Å²) in [7, 11) is -0.715. The molecule has 0 radical (unpaired) electrons. The van der Waals surface area contributed by atoms with E-state index in [-0.39, 0.29) is 12.1 Å². The monoisotopic (exact) mass is 332 g/mol. The Morgan fingerprint density at radius 3 is 2.73 bits per heavy atom. The fraction of sp³-hybridized carbons (Fsp3) is 0.938. The molecule has 1 heterocycles. The predicted octanol–water partition coefficient (Wildman–Crippen LogP) is 2.52. The molecule has 1 fully saturated rings. The lowest BCUT2D eigenvalue weighted by molar-refractivity contribution is 0.0214. The zero-order chi connectivity index (χ0) is 16.8. The minimum Gasteiger partial charge on any atom is -0.444 e. The van der Waals surface area contributed by atoms with Crippen LogP contribution in [0.5, 0.6) is 0 Å². The second-order valence-corrected chi connectivity index (χ2v) is 8.75. The van der Waals surface area contributed by atoms with Gasteiger partial charge in [0.25, 0.3) is 0 Å². The first-order chi connectivity index (χ1) is 10.2. The molecule has 130 valence electrons. The molecule has 5 nitrogen and oxygen atoms in total. The largest absolute Gasteiger partial charge is 0.444 e. The first-order valence-electron chi connectivity index (χ1n) is 8.22. The van der Waals surface area contributed by atoms with Crippen LogP contribution in [0.4, 0.5) is 4.79 Å². The number of carbonyl (C=O) groups is 1. The Morgan fingerprint density at radius 2 is 2.14 bits per heavy atom. The van der Waals surface area contributed by atoms with Crippen LogP contribution in [0, 0.1) is 0 Å². The van der Waals surface area contributed by atoms with Crippen molar-refractivity contribution in [1.82, 2.24) is 10.2 Å². The highest BCUT2D eigenvalue weighted by molar-refractivity contribution is 7.84. The summed E-state index contributed by atoms with van der Waals surface area (Å²) >= 11 is 0. The van der Waals surface area contributed by atoms with Crippen molar-refractivity contribution >= 4 is 16.9 Å². The number of hydrogen-bond donors (Lipinski definition) is 1. The Labute approximate surface area is 137 Å². The standard InChI is InChI=1S/C16H32N2O3S/c1-13(17-9-7-11-22(5)20)12-14-8-6-10-18(14)15(19)21-16(2,3)4/h13-14,17H,6-12H2,1-5H3. The van der Waals surface area contributed by atoms with E-state index in [1.54, 1.807) is 6.26 Å². The second-order valence-electron chi connectivity index (χ2n) is 7.19. The zero-order valence-electron chi connectivity index (χ0n) is 14.7. The van der Waals surface area contributed by atoms with Gasteiger partial charge >= 0.3 is 6.09 Å². The summed E-state index contributed by atoms with van der Waals surface area (Å²) < 4.78 is 16.5. The van der Waals surface area contributed by atoms with Crippen LogP contribution in [0.1, 0.15) is 53.4 Å². The van der Waals surface area contributed by atoms with Crippen molar-refractivity contribution in [2.75, 3.05) is 25.1 Å². The Balaban J connectivity index is 2.36. The molecule has 0 spiro atoms. The van der Waals surface area contributed by atoms with Crippen LogP contribution in [0.2, 0.25) is 0 Å². The average molecular weight is 333 g/mol. The smallest absolute Gasteiger partial charge is 0.410 e. The van der Waals surface area contributed by atoms with Crippen molar-refractivity contribution in [2.45, 2.75) is 71.1 Å². The lowest BCUT2D eigenvalue weighted by Crippen LogP contribution is -2.42. The molecule has 0 bridgehead atoms. The van der Waals surface area contributed by atoms with Gasteiger partial charge in [-0.15, -0.1) is 0 Å². The summed E-state index contributed by atoms with van der Waals surface area (Å²) in [6, 6.07) is 0.607. The summed E-state index contributed by atoms with van der Waals surface area (Å²) in [6.45, 7) is 9.52. The summed E-state index contributed by atoms with van der Waals surface area (Å²) in [5, 5.41) is 3.46. The molecule has 0 saturated carbocycles. The predicted molar refractivity (Wildman–Crippen MR) is 91.6 cm³/mol. The second kappa shape index (κ2) is 8.87. The number of hydrogen-bond acceptors (Lipinski definition) is 4. The minimum atomic E-state index is -0.715. The van der Waals surface area contributed by atoms with Crippen LogP contribution < -0.4 is 5.32 Å². The average Bonchev–Trinajstić information content (AvgIpc) is 2.80. The van der Waals surface area contributed by atoms with E-state index in [1.165, 1.54) is 0 Å². The summed E-state index contributed by atoms with van der Waals surface area (Å²) in [6.07, 6.45) is 5.50. The van der Waals surface area contributed by atoms with E-state index in [4.69, 9.17) is 4.74 Å². The maximum absolute atomic E-state index is 12.2. The fourth-order valence-electron chi connectivity index (χ4n) is 2.76. The normalized spacial score (nSPS) is 21.7. The highest BCUT2D eigenvalue weighted by Gasteiger charge is 2.32. The van der Waals surface area contributed by atoms with Crippen molar-refractivity contribution in [2.24, 2.45) is 0 Å². The van der Waals surface area contributed by atoms with Gasteiger partial charge in [-0.25, -0.2) is 4.79 Å². The third-order valence-electron chi connectivity index (χ3n) is 3.73. The molecule has 1 saturated heterocycles. The zero-order valence-corrected chi connectivity index (χ0v) is 15.5. The van der Waals surface area contributed by atoms with Gasteiger partial charge < -0.3 is 15.0 Å². The van der Waals surface area contributed by atoms with Crippen molar-refractivity contribution < 1.29 is 13.7 Å². The highest BCUT2D eigenvalue weighted by Crippen LogP contribution is 2.24. The molecule has 0 aromatic carbocycles. The van der Waals surface area contributed by atoms with E-state index >= 15 is 0 Å². The number of amides is 1. The maximum Gasteiger partial charge on any atom is 0.410 e. The number of likely N-dealkylation sites (tertiary alicyclic amines) is 1. The topological polar surface area (TPSA) is 58.6 Å². The SMILES string of the molecule is CC(CC1CCCN1C(=O)OC(C)(C)C)NCCCS(C)=O. The minimum absolute atomic E-state index is 0.191. The first kappa shape index (κ1) is 19.4. The van der Waals surface area contributed by atoms with Crippen LogP contribution in [-0.2, 0) is 15.5 Å². The van der Waals surface area contributed by atoms with E-state index in [9.17, 15) is 9.00 Å². The molecule has 3 atom stereocenters. The molecule has 1 rings (SSSR count). The van der Waals surface area contributed by atoms with Gasteiger partial charge in [0.15, 0.2) is 0 Å². The van der Waals surface area contributed by atoms with E-state index in [2.05, 4.69) is 12.2 Å². The molecule has 1 aliphatic heterocycles. The lowest BCUT2D eigenvalue weighted by atomic mass is 10.1. The molecule has 3 unspecified atom stereocenters. The third-order valence-corrected chi connectivity index (χ3v) is 4.60. The number of nitrogens with one attached hydrogen (secondary N) is 1. The van der Waals surface area contributed by atoms with Crippen molar-refractivity contribution in [1.29, 1.82) is 0 Å². The lowest BCUT2D eigenvalue weighted by Gasteiger charge is -2.30. The number of nitrogens with zero attached hydrogens (tertiary/aromatic N) is 1. The van der Waals surface area contributed by atoms with Crippen LogP contribution in [-0.4, -0.2) is 58.0 Å². The Morgan fingerprint density at radius 1 is 1.45 bits per heavy atom. The van der Waals surface area contributed by atoms with Gasteiger partial charge in [-0.1, -0.05) is 0 Å². The van der Waals surface area contributed by atoms with Crippen molar-refractivity contribution in [3.05, 3.63) is 0 Å². The van der Waals surface area contributed by atoms with Gasteiger partial charge in [0, 0.05) is 41.4 Å². The van der Waals surface area contributed by atoms with Crippen LogP contribution in [0.25, 0.3) is 0 Å². The Bertz CT molecular complexity index is 382. The molecule has 6 heteroatoms. The highest BCUT2D eigenvalue weighted by atomic mass is 32.2. The van der Waals surface area contributed by atoms with Crippen LogP contribution in [0.3, 0.4) is 0 Å². The van der Waals surface area contributed by atoms with Gasteiger partial charge in [0.2, 0.25) is 0 Å². The van der Waals surface area contributed by atoms with Crippen LogP contribution >= 0.6 is 0 Å². The Kier molecular flexibility index (Phi) is 7.83. The Hall–Kier alpha value is -0.620. The molecule has 0 aromatic heterocycles. The number of rotatable bonds is 7. The number of carbonyl (C=O) groups excluding carboxylic acids is 1. The first-order valence-corrected chi connectivity index (χ1v) is 9.95.